The summed E-state index contributed by atoms with van der Waals surface area (Å²) in [6, 6.07) is 11.6. The Morgan fingerprint density at radius 1 is 0.833 bits per heavy atom. The second-order valence-corrected chi connectivity index (χ2v) is 7.22. The molecule has 0 N–H and O–H groups in total. The molecule has 0 saturated carbocycles. The standard InChI is InChI=1S/C13H7Br3Cl2/c14-7-1-3-11(16)9(5-7)13(18)10-6-8(15)2-4-12(10)17/h1-6,13H. The van der Waals surface area contributed by atoms with Crippen molar-refractivity contribution in [2.45, 2.75) is 5.38 Å². The van der Waals surface area contributed by atoms with Gasteiger partial charge in [0, 0.05) is 18.4 Å². The van der Waals surface area contributed by atoms with Gasteiger partial charge in [-0.3, -0.25) is 0 Å². The topological polar surface area (TPSA) is 0 Å². The Balaban J connectivity index is 2.50. The molecule has 18 heavy (non-hydrogen) atoms. The minimum absolute atomic E-state index is 0.304. The molecule has 0 spiro atoms. The highest BCUT2D eigenvalue weighted by Gasteiger charge is 2.17. The molecule has 0 fully saturated rings. The normalized spacial score (nSPS) is 12.5. The molecule has 2 aromatic carbocycles. The van der Waals surface area contributed by atoms with Crippen molar-refractivity contribution in [3.63, 3.8) is 0 Å². The molecule has 0 aliphatic carbocycles. The maximum Gasteiger partial charge on any atom is 0.0861 e. The van der Waals surface area contributed by atoms with E-state index in [0.717, 1.165) is 24.5 Å². The number of halogens is 5. The molecule has 0 bridgehead atoms. The number of rotatable bonds is 2. The van der Waals surface area contributed by atoms with Crippen LogP contribution in [-0.4, -0.2) is 0 Å². The smallest absolute Gasteiger partial charge is 0.0861 e. The summed E-state index contributed by atoms with van der Waals surface area (Å²) in [4.78, 5) is 0. The molecular formula is C13H7Br3Cl2. The zero-order valence-corrected chi connectivity index (χ0v) is 15.2. The SMILES string of the molecule is Clc1ccc(Br)cc1C(Cl)c1cc(Br)ccc1Br. The van der Waals surface area contributed by atoms with Gasteiger partial charge in [0.15, 0.2) is 0 Å². The molecule has 0 aromatic heterocycles. The Bertz CT molecular complexity index is 533. The van der Waals surface area contributed by atoms with Crippen LogP contribution in [0.25, 0.3) is 0 Å². The maximum absolute atomic E-state index is 6.53. The van der Waals surface area contributed by atoms with Gasteiger partial charge in [0.1, 0.15) is 0 Å². The van der Waals surface area contributed by atoms with Gasteiger partial charge in [-0.25, -0.2) is 0 Å². The molecule has 0 amide bonds. The first kappa shape index (κ1) is 14.9. The summed E-state index contributed by atoms with van der Waals surface area (Å²) in [5.41, 5.74) is 1.86. The van der Waals surface area contributed by atoms with E-state index in [-0.39, 0.29) is 5.38 Å². The van der Waals surface area contributed by atoms with Crippen LogP contribution in [0.15, 0.2) is 49.8 Å². The summed E-state index contributed by atoms with van der Waals surface area (Å²) in [7, 11) is 0. The highest BCUT2D eigenvalue weighted by molar-refractivity contribution is 9.11. The van der Waals surface area contributed by atoms with E-state index >= 15 is 0 Å². The summed E-state index contributed by atoms with van der Waals surface area (Å²) >= 11 is 23.1. The van der Waals surface area contributed by atoms with Crippen LogP contribution in [0.4, 0.5) is 0 Å². The third kappa shape index (κ3) is 3.31. The van der Waals surface area contributed by atoms with Gasteiger partial charge in [-0.2, -0.15) is 0 Å². The first-order chi connectivity index (χ1) is 8.49. The van der Waals surface area contributed by atoms with Crippen LogP contribution in [0.2, 0.25) is 5.02 Å². The molecule has 1 atom stereocenters. The lowest BCUT2D eigenvalue weighted by molar-refractivity contribution is 1.12. The van der Waals surface area contributed by atoms with Gasteiger partial charge in [0.25, 0.3) is 0 Å². The molecule has 94 valence electrons. The Hall–Kier alpha value is 0.460. The minimum Gasteiger partial charge on any atom is -0.112 e. The predicted octanol–water partition coefficient (Wildman–Crippen LogP) is 6.96. The van der Waals surface area contributed by atoms with E-state index in [4.69, 9.17) is 23.2 Å². The van der Waals surface area contributed by atoms with Crippen LogP contribution in [-0.2, 0) is 0 Å². The molecule has 0 aliphatic rings. The molecule has 2 aromatic rings. The Morgan fingerprint density at radius 3 is 2.06 bits per heavy atom. The minimum atomic E-state index is -0.304. The zero-order valence-electron chi connectivity index (χ0n) is 8.93. The molecule has 0 aliphatic heterocycles. The summed E-state index contributed by atoms with van der Waals surface area (Å²) in [5.74, 6) is 0. The van der Waals surface area contributed by atoms with E-state index in [1.807, 2.05) is 36.4 Å². The summed E-state index contributed by atoms with van der Waals surface area (Å²) in [6.07, 6.45) is 0. The van der Waals surface area contributed by atoms with Crippen molar-refractivity contribution in [2.24, 2.45) is 0 Å². The van der Waals surface area contributed by atoms with Gasteiger partial charge >= 0.3 is 0 Å². The quantitative estimate of drug-likeness (QED) is 0.414. The highest BCUT2D eigenvalue weighted by Crippen LogP contribution is 2.39. The number of hydrogen-bond acceptors (Lipinski definition) is 0. The van der Waals surface area contributed by atoms with Crippen LogP contribution >= 0.6 is 71.0 Å². The molecule has 2 rings (SSSR count). The third-order valence-electron chi connectivity index (χ3n) is 2.46. The number of alkyl halides is 1. The van der Waals surface area contributed by atoms with Gasteiger partial charge in [-0.05, 0) is 47.5 Å². The van der Waals surface area contributed by atoms with Gasteiger partial charge in [-0.15, -0.1) is 11.6 Å². The average molecular weight is 474 g/mol. The molecular weight excluding hydrogens is 467 g/mol. The lowest BCUT2D eigenvalue weighted by Gasteiger charge is -2.14. The van der Waals surface area contributed by atoms with Crippen molar-refractivity contribution in [3.8, 4) is 0 Å². The summed E-state index contributed by atoms with van der Waals surface area (Å²) in [5, 5.41) is 0.354. The Labute approximate surface area is 141 Å². The molecule has 0 saturated heterocycles. The maximum atomic E-state index is 6.53. The molecule has 0 nitrogen and oxygen atoms in total. The second-order valence-electron chi connectivity index (χ2n) is 3.69. The van der Waals surface area contributed by atoms with E-state index in [1.165, 1.54) is 0 Å². The summed E-state index contributed by atoms with van der Waals surface area (Å²) in [6.45, 7) is 0. The van der Waals surface area contributed by atoms with Crippen molar-refractivity contribution in [1.29, 1.82) is 0 Å². The van der Waals surface area contributed by atoms with E-state index in [9.17, 15) is 0 Å². The number of benzene rings is 2. The third-order valence-corrected chi connectivity index (χ3v) is 4.99. The van der Waals surface area contributed by atoms with Gasteiger partial charge in [0.2, 0.25) is 0 Å². The largest absolute Gasteiger partial charge is 0.112 e. The fourth-order valence-electron chi connectivity index (χ4n) is 1.59. The van der Waals surface area contributed by atoms with Crippen molar-refractivity contribution in [2.75, 3.05) is 0 Å². The van der Waals surface area contributed by atoms with Crippen LogP contribution in [0.3, 0.4) is 0 Å². The van der Waals surface area contributed by atoms with Crippen molar-refractivity contribution in [3.05, 3.63) is 66.0 Å². The van der Waals surface area contributed by atoms with Gasteiger partial charge < -0.3 is 0 Å². The van der Waals surface area contributed by atoms with Crippen LogP contribution in [0, 0.1) is 0 Å². The summed E-state index contributed by atoms with van der Waals surface area (Å²) < 4.78 is 2.90. The van der Waals surface area contributed by atoms with E-state index in [0.29, 0.717) is 5.02 Å². The van der Waals surface area contributed by atoms with E-state index in [2.05, 4.69) is 47.8 Å². The Morgan fingerprint density at radius 2 is 1.39 bits per heavy atom. The first-order valence-corrected chi connectivity index (χ1v) is 8.22. The van der Waals surface area contributed by atoms with Crippen LogP contribution in [0.5, 0.6) is 0 Å². The fraction of sp³-hybridized carbons (Fsp3) is 0.0769. The van der Waals surface area contributed by atoms with Gasteiger partial charge in [-0.1, -0.05) is 59.4 Å². The monoisotopic (exact) mass is 470 g/mol. The number of hydrogen-bond donors (Lipinski definition) is 0. The van der Waals surface area contributed by atoms with Crippen molar-refractivity contribution >= 4 is 71.0 Å². The average Bonchev–Trinajstić information content (AvgIpc) is 2.34. The van der Waals surface area contributed by atoms with Crippen molar-refractivity contribution in [1.82, 2.24) is 0 Å². The molecule has 5 heteroatoms. The predicted molar refractivity (Wildman–Crippen MR) is 88.7 cm³/mol. The Kier molecular flexibility index (Phi) is 5.18. The van der Waals surface area contributed by atoms with E-state index in [1.54, 1.807) is 0 Å². The van der Waals surface area contributed by atoms with E-state index < -0.39 is 0 Å². The lowest BCUT2D eigenvalue weighted by atomic mass is 10.0. The van der Waals surface area contributed by atoms with Gasteiger partial charge in [0.05, 0.1) is 5.38 Å². The fourth-order valence-corrected chi connectivity index (χ4v) is 3.59. The zero-order chi connectivity index (χ0) is 13.3. The second kappa shape index (κ2) is 6.27. The van der Waals surface area contributed by atoms with Crippen molar-refractivity contribution < 1.29 is 0 Å². The van der Waals surface area contributed by atoms with Crippen LogP contribution in [0.1, 0.15) is 16.5 Å². The molecule has 0 heterocycles. The molecule has 1 unspecified atom stereocenters. The van der Waals surface area contributed by atoms with Crippen LogP contribution < -0.4 is 0 Å². The molecule has 0 radical (unpaired) electrons. The lowest BCUT2D eigenvalue weighted by Crippen LogP contribution is -1.96. The highest BCUT2D eigenvalue weighted by atomic mass is 79.9. The first-order valence-electron chi connectivity index (χ1n) is 5.03.